The molecule has 1 N–H and O–H groups in total. The van der Waals surface area contributed by atoms with Crippen molar-refractivity contribution in [1.29, 1.82) is 0 Å². The van der Waals surface area contributed by atoms with E-state index in [2.05, 4.69) is 0 Å². The highest BCUT2D eigenvalue weighted by molar-refractivity contribution is 6.31. The monoisotopic (exact) mass is 262 g/mol. The van der Waals surface area contributed by atoms with Gasteiger partial charge in [0.25, 0.3) is 0 Å². The van der Waals surface area contributed by atoms with E-state index in [1.54, 1.807) is 31.2 Å². The highest BCUT2D eigenvalue weighted by Crippen LogP contribution is 2.23. The van der Waals surface area contributed by atoms with Gasteiger partial charge in [-0.15, -0.1) is 11.6 Å². The molecule has 0 spiro atoms. The maximum atomic E-state index is 11.3. The Morgan fingerprint density at radius 3 is 2.50 bits per heavy atom. The van der Waals surface area contributed by atoms with Crippen LogP contribution in [0.3, 0.4) is 0 Å². The van der Waals surface area contributed by atoms with Gasteiger partial charge in [0, 0.05) is 5.02 Å². The Morgan fingerprint density at radius 2 is 2.00 bits per heavy atom. The second-order valence-corrected chi connectivity index (χ2v) is 4.06. The molecule has 2 unspecified atom stereocenters. The topological polar surface area (TPSA) is 46.5 Å². The molecule has 1 aromatic carbocycles. The lowest BCUT2D eigenvalue weighted by Crippen LogP contribution is -2.25. The largest absolute Gasteiger partial charge is 0.465 e. The summed E-state index contributed by atoms with van der Waals surface area (Å²) < 4.78 is 4.71. The standard InChI is InChI=1S/C11H12Cl2O3/c1-2-16-11(15)9(13)10(14)7-3-5-8(12)6-4-7/h3-6,9-10,14H,2H2,1H3. The maximum Gasteiger partial charge on any atom is 0.327 e. The number of rotatable bonds is 4. The first-order valence-corrected chi connectivity index (χ1v) is 5.62. The fraction of sp³-hybridized carbons (Fsp3) is 0.364. The fourth-order valence-electron chi connectivity index (χ4n) is 1.18. The zero-order chi connectivity index (χ0) is 12.1. The van der Waals surface area contributed by atoms with Gasteiger partial charge >= 0.3 is 5.97 Å². The van der Waals surface area contributed by atoms with Crippen LogP contribution in [0, 0.1) is 0 Å². The van der Waals surface area contributed by atoms with Crippen LogP contribution >= 0.6 is 23.2 Å². The van der Waals surface area contributed by atoms with Crippen molar-refractivity contribution in [3.05, 3.63) is 34.9 Å². The third-order valence-electron chi connectivity index (χ3n) is 2.00. The predicted molar refractivity (Wildman–Crippen MR) is 62.7 cm³/mol. The first-order chi connectivity index (χ1) is 7.56. The van der Waals surface area contributed by atoms with Crippen LogP contribution < -0.4 is 0 Å². The molecule has 0 aliphatic carbocycles. The zero-order valence-electron chi connectivity index (χ0n) is 8.69. The van der Waals surface area contributed by atoms with Gasteiger partial charge in [-0.2, -0.15) is 0 Å². The molecule has 0 aliphatic rings. The summed E-state index contributed by atoms with van der Waals surface area (Å²) in [7, 11) is 0. The number of benzene rings is 1. The number of alkyl halides is 1. The van der Waals surface area contributed by atoms with Crippen LogP contribution in [0.25, 0.3) is 0 Å². The molecule has 16 heavy (non-hydrogen) atoms. The van der Waals surface area contributed by atoms with Crippen LogP contribution in [0.15, 0.2) is 24.3 Å². The van der Waals surface area contributed by atoms with Crippen molar-refractivity contribution in [3.63, 3.8) is 0 Å². The van der Waals surface area contributed by atoms with E-state index < -0.39 is 17.5 Å². The maximum absolute atomic E-state index is 11.3. The Bertz CT molecular complexity index is 351. The van der Waals surface area contributed by atoms with Crippen molar-refractivity contribution < 1.29 is 14.6 Å². The van der Waals surface area contributed by atoms with Crippen LogP contribution in [0.5, 0.6) is 0 Å². The summed E-state index contributed by atoms with van der Waals surface area (Å²) in [5.74, 6) is -0.633. The van der Waals surface area contributed by atoms with E-state index >= 15 is 0 Å². The van der Waals surface area contributed by atoms with Crippen molar-refractivity contribution in [2.75, 3.05) is 6.61 Å². The number of hydrogen-bond acceptors (Lipinski definition) is 3. The molecule has 5 heteroatoms. The number of aliphatic hydroxyl groups is 1. The minimum atomic E-state index is -1.11. The summed E-state index contributed by atoms with van der Waals surface area (Å²) in [6.07, 6.45) is -1.10. The van der Waals surface area contributed by atoms with Gasteiger partial charge in [0.05, 0.1) is 6.61 Å². The van der Waals surface area contributed by atoms with Gasteiger partial charge in [0.15, 0.2) is 5.38 Å². The van der Waals surface area contributed by atoms with Crippen LogP contribution in [-0.4, -0.2) is 23.1 Å². The van der Waals surface area contributed by atoms with E-state index in [1.807, 2.05) is 0 Å². The van der Waals surface area contributed by atoms with Gasteiger partial charge in [-0.05, 0) is 24.6 Å². The van der Waals surface area contributed by atoms with Crippen molar-refractivity contribution in [2.24, 2.45) is 0 Å². The first kappa shape index (κ1) is 13.3. The van der Waals surface area contributed by atoms with Gasteiger partial charge in [0.1, 0.15) is 6.10 Å². The summed E-state index contributed by atoms with van der Waals surface area (Å²) in [6, 6.07) is 6.47. The molecule has 3 nitrogen and oxygen atoms in total. The molecule has 88 valence electrons. The van der Waals surface area contributed by atoms with Crippen LogP contribution in [0.1, 0.15) is 18.6 Å². The van der Waals surface area contributed by atoms with Gasteiger partial charge < -0.3 is 9.84 Å². The molecule has 0 bridgehead atoms. The third-order valence-corrected chi connectivity index (χ3v) is 2.67. The normalized spacial score (nSPS) is 14.2. The van der Waals surface area contributed by atoms with E-state index in [0.29, 0.717) is 10.6 Å². The van der Waals surface area contributed by atoms with E-state index in [-0.39, 0.29) is 6.61 Å². The summed E-state index contributed by atoms with van der Waals surface area (Å²) in [6.45, 7) is 1.91. The second-order valence-electron chi connectivity index (χ2n) is 3.15. The van der Waals surface area contributed by atoms with Gasteiger partial charge in [-0.3, -0.25) is 4.79 Å². The lowest BCUT2D eigenvalue weighted by Gasteiger charge is -2.15. The summed E-state index contributed by atoms with van der Waals surface area (Å²) in [5.41, 5.74) is 0.525. The molecule has 0 saturated heterocycles. The number of carbonyl (C=O) groups excluding carboxylic acids is 1. The first-order valence-electron chi connectivity index (χ1n) is 4.80. The molecule has 0 heterocycles. The highest BCUT2D eigenvalue weighted by atomic mass is 35.5. The number of halogens is 2. The van der Waals surface area contributed by atoms with Crippen LogP contribution in [-0.2, 0) is 9.53 Å². The molecular formula is C11H12Cl2O3. The molecule has 1 aromatic rings. The average Bonchev–Trinajstić information content (AvgIpc) is 2.28. The molecular weight excluding hydrogens is 251 g/mol. The SMILES string of the molecule is CCOC(=O)C(Cl)C(O)c1ccc(Cl)cc1. The Balaban J connectivity index is 2.73. The molecule has 0 aromatic heterocycles. The molecule has 0 amide bonds. The summed E-state index contributed by atoms with van der Waals surface area (Å²) >= 11 is 11.5. The molecule has 0 fully saturated rings. The van der Waals surface area contributed by atoms with E-state index in [9.17, 15) is 9.90 Å². The zero-order valence-corrected chi connectivity index (χ0v) is 10.2. The molecule has 0 radical (unpaired) electrons. The van der Waals surface area contributed by atoms with Gasteiger partial charge in [0.2, 0.25) is 0 Å². The fourth-order valence-corrected chi connectivity index (χ4v) is 1.51. The molecule has 1 rings (SSSR count). The Kier molecular flexibility index (Phi) is 5.06. The van der Waals surface area contributed by atoms with Crippen molar-refractivity contribution >= 4 is 29.2 Å². The number of esters is 1. The number of ether oxygens (including phenoxy) is 1. The number of carbonyl (C=O) groups is 1. The summed E-state index contributed by atoms with van der Waals surface area (Å²) in [5, 5.41) is 9.24. The van der Waals surface area contributed by atoms with Crippen molar-refractivity contribution in [3.8, 4) is 0 Å². The van der Waals surface area contributed by atoms with Gasteiger partial charge in [-0.25, -0.2) is 0 Å². The minimum Gasteiger partial charge on any atom is -0.465 e. The van der Waals surface area contributed by atoms with E-state index in [0.717, 1.165) is 0 Å². The van der Waals surface area contributed by atoms with Crippen molar-refractivity contribution in [2.45, 2.75) is 18.4 Å². The Morgan fingerprint density at radius 1 is 1.44 bits per heavy atom. The predicted octanol–water partition coefficient (Wildman–Crippen LogP) is 2.54. The van der Waals surface area contributed by atoms with Crippen molar-refractivity contribution in [1.82, 2.24) is 0 Å². The van der Waals surface area contributed by atoms with E-state index in [4.69, 9.17) is 27.9 Å². The lowest BCUT2D eigenvalue weighted by molar-refractivity contribution is -0.144. The average molecular weight is 263 g/mol. The Labute approximate surface area is 104 Å². The molecule has 0 saturated carbocycles. The lowest BCUT2D eigenvalue weighted by atomic mass is 10.1. The van der Waals surface area contributed by atoms with Crippen LogP contribution in [0.4, 0.5) is 0 Å². The minimum absolute atomic E-state index is 0.232. The number of hydrogen-bond donors (Lipinski definition) is 1. The van der Waals surface area contributed by atoms with Crippen LogP contribution in [0.2, 0.25) is 5.02 Å². The Hall–Kier alpha value is -0.770. The quantitative estimate of drug-likeness (QED) is 0.670. The third kappa shape index (κ3) is 3.37. The molecule has 2 atom stereocenters. The number of aliphatic hydroxyl groups excluding tert-OH is 1. The highest BCUT2D eigenvalue weighted by Gasteiger charge is 2.26. The van der Waals surface area contributed by atoms with E-state index in [1.165, 1.54) is 0 Å². The molecule has 0 aliphatic heterocycles. The smallest absolute Gasteiger partial charge is 0.327 e. The summed E-state index contributed by atoms with van der Waals surface area (Å²) in [4.78, 5) is 11.3. The van der Waals surface area contributed by atoms with Gasteiger partial charge in [-0.1, -0.05) is 23.7 Å². The second kappa shape index (κ2) is 6.09.